The Morgan fingerprint density at radius 3 is 2.48 bits per heavy atom. The van der Waals surface area contributed by atoms with Crippen LogP contribution in [0.5, 0.6) is 0 Å². The number of urea groups is 1. The third-order valence-electron chi connectivity index (χ3n) is 4.47. The van der Waals surface area contributed by atoms with Gasteiger partial charge in [-0.2, -0.15) is 0 Å². The number of hydrogen-bond acceptors (Lipinski definition) is 7. The highest BCUT2D eigenvalue weighted by molar-refractivity contribution is 6.12. The van der Waals surface area contributed by atoms with Crippen molar-refractivity contribution < 1.29 is 28.7 Å². The minimum atomic E-state index is -1.33. The standard InChI is InChI=1S/C15H24N4O6/c1-17-11(14(22)24-3)10(13(21)18(2)15(17)23)12(20)16-4-5-19-6-8-25-9-7-19/h10-11H,4-9H2,1-3H3,(H,16,20)/t10-,11-/m1/s1. The number of likely N-dealkylation sites (N-methyl/N-ethyl adjacent to an activating group) is 1. The molecule has 0 aliphatic carbocycles. The SMILES string of the molecule is COC(=O)[C@H]1[C@H](C(=O)NCCN2CCOCC2)C(=O)N(C)C(=O)N1C. The molecule has 0 bridgehead atoms. The van der Waals surface area contributed by atoms with Crippen LogP contribution in [-0.2, 0) is 23.9 Å². The molecule has 0 saturated carbocycles. The summed E-state index contributed by atoms with van der Waals surface area (Å²) in [5, 5.41) is 2.68. The van der Waals surface area contributed by atoms with Crippen LogP contribution in [0.1, 0.15) is 0 Å². The topological polar surface area (TPSA) is 108 Å². The van der Waals surface area contributed by atoms with Gasteiger partial charge in [-0.25, -0.2) is 9.59 Å². The summed E-state index contributed by atoms with van der Waals surface area (Å²) >= 11 is 0. The number of amides is 4. The van der Waals surface area contributed by atoms with Gasteiger partial charge in [0.1, 0.15) is 5.92 Å². The maximum absolute atomic E-state index is 12.5. The summed E-state index contributed by atoms with van der Waals surface area (Å²) in [6, 6.07) is -1.93. The molecule has 25 heavy (non-hydrogen) atoms. The first-order valence-electron chi connectivity index (χ1n) is 8.08. The zero-order chi connectivity index (χ0) is 18.6. The Bertz CT molecular complexity index is 548. The maximum atomic E-state index is 12.5. The van der Waals surface area contributed by atoms with Gasteiger partial charge in [0, 0.05) is 40.3 Å². The van der Waals surface area contributed by atoms with Crippen molar-refractivity contribution in [2.24, 2.45) is 5.92 Å². The van der Waals surface area contributed by atoms with Crippen LogP contribution < -0.4 is 5.32 Å². The van der Waals surface area contributed by atoms with E-state index in [0.29, 0.717) is 26.3 Å². The first kappa shape index (κ1) is 19.1. The van der Waals surface area contributed by atoms with Gasteiger partial charge in [-0.05, 0) is 0 Å². The van der Waals surface area contributed by atoms with Gasteiger partial charge < -0.3 is 19.7 Å². The lowest BCUT2D eigenvalue weighted by molar-refractivity contribution is -0.159. The van der Waals surface area contributed by atoms with Gasteiger partial charge in [0.2, 0.25) is 11.8 Å². The first-order valence-corrected chi connectivity index (χ1v) is 8.08. The molecule has 2 fully saturated rings. The highest BCUT2D eigenvalue weighted by Crippen LogP contribution is 2.22. The quantitative estimate of drug-likeness (QED) is 0.453. The number of ether oxygens (including phenoxy) is 2. The van der Waals surface area contributed by atoms with Crippen LogP contribution in [0.4, 0.5) is 4.79 Å². The summed E-state index contributed by atoms with van der Waals surface area (Å²) in [5.41, 5.74) is 0. The van der Waals surface area contributed by atoms with E-state index in [9.17, 15) is 19.2 Å². The van der Waals surface area contributed by atoms with E-state index in [4.69, 9.17) is 4.74 Å². The Kier molecular flexibility index (Phi) is 6.32. The predicted octanol–water partition coefficient (Wildman–Crippen LogP) is -1.88. The number of carbonyl (C=O) groups is 4. The van der Waals surface area contributed by atoms with Crippen LogP contribution in [0, 0.1) is 5.92 Å². The summed E-state index contributed by atoms with van der Waals surface area (Å²) in [5.74, 6) is -3.45. The molecule has 2 aliphatic rings. The number of nitrogens with zero attached hydrogens (tertiary/aromatic N) is 3. The summed E-state index contributed by atoms with van der Waals surface area (Å²) < 4.78 is 9.92. The Morgan fingerprint density at radius 2 is 1.88 bits per heavy atom. The van der Waals surface area contributed by atoms with Crippen LogP contribution in [-0.4, -0.2) is 105 Å². The average molecular weight is 356 g/mol. The third-order valence-corrected chi connectivity index (χ3v) is 4.47. The van der Waals surface area contributed by atoms with E-state index in [1.54, 1.807) is 0 Å². The second kappa shape index (κ2) is 8.26. The lowest BCUT2D eigenvalue weighted by atomic mass is 9.93. The van der Waals surface area contributed by atoms with Crippen LogP contribution in [0.3, 0.4) is 0 Å². The number of methoxy groups -OCH3 is 1. The number of morpholine rings is 1. The Balaban J connectivity index is 2.03. The summed E-state index contributed by atoms with van der Waals surface area (Å²) in [6.45, 7) is 3.81. The van der Waals surface area contributed by atoms with Crippen molar-refractivity contribution in [3.63, 3.8) is 0 Å². The molecular formula is C15H24N4O6. The van der Waals surface area contributed by atoms with Crippen molar-refractivity contribution in [1.29, 1.82) is 0 Å². The van der Waals surface area contributed by atoms with Crippen LogP contribution in [0.25, 0.3) is 0 Å². The van der Waals surface area contributed by atoms with E-state index in [-0.39, 0.29) is 0 Å². The minimum Gasteiger partial charge on any atom is -0.467 e. The van der Waals surface area contributed by atoms with Gasteiger partial charge in [0.25, 0.3) is 0 Å². The van der Waals surface area contributed by atoms with Gasteiger partial charge in [-0.15, -0.1) is 0 Å². The van der Waals surface area contributed by atoms with Crippen LogP contribution >= 0.6 is 0 Å². The highest BCUT2D eigenvalue weighted by Gasteiger charge is 2.51. The van der Waals surface area contributed by atoms with Crippen LogP contribution in [0.2, 0.25) is 0 Å². The molecule has 2 atom stereocenters. The molecule has 140 valence electrons. The van der Waals surface area contributed by atoms with Gasteiger partial charge in [-0.1, -0.05) is 0 Å². The summed E-state index contributed by atoms with van der Waals surface area (Å²) in [7, 11) is 3.79. The van der Waals surface area contributed by atoms with Gasteiger partial charge in [-0.3, -0.25) is 19.4 Å². The van der Waals surface area contributed by atoms with Crippen molar-refractivity contribution in [2.75, 3.05) is 60.6 Å². The zero-order valence-electron chi connectivity index (χ0n) is 14.7. The van der Waals surface area contributed by atoms with E-state index in [1.165, 1.54) is 14.1 Å². The number of carbonyl (C=O) groups excluding carboxylic acids is 4. The fraction of sp³-hybridized carbons (Fsp3) is 0.733. The molecule has 0 unspecified atom stereocenters. The Labute approximate surface area is 146 Å². The lowest BCUT2D eigenvalue weighted by Gasteiger charge is -2.39. The molecule has 2 saturated heterocycles. The molecule has 0 radical (unpaired) electrons. The molecular weight excluding hydrogens is 332 g/mol. The summed E-state index contributed by atoms with van der Waals surface area (Å²) in [6.07, 6.45) is 0. The second-order valence-corrected chi connectivity index (χ2v) is 5.98. The number of esters is 1. The van der Waals surface area contributed by atoms with E-state index in [2.05, 4.69) is 15.0 Å². The third kappa shape index (κ3) is 4.07. The second-order valence-electron chi connectivity index (χ2n) is 5.98. The molecule has 4 amide bonds. The van der Waals surface area contributed by atoms with Crippen molar-refractivity contribution in [1.82, 2.24) is 20.0 Å². The number of hydrogen-bond donors (Lipinski definition) is 1. The van der Waals surface area contributed by atoms with Crippen LogP contribution in [0.15, 0.2) is 0 Å². The molecule has 10 nitrogen and oxygen atoms in total. The molecule has 2 rings (SSSR count). The molecule has 10 heteroatoms. The molecule has 0 aromatic heterocycles. The molecule has 0 aromatic rings. The predicted molar refractivity (Wildman–Crippen MR) is 85.5 cm³/mol. The monoisotopic (exact) mass is 356 g/mol. The summed E-state index contributed by atoms with van der Waals surface area (Å²) in [4.78, 5) is 53.0. The zero-order valence-corrected chi connectivity index (χ0v) is 14.7. The van der Waals surface area contributed by atoms with E-state index in [0.717, 1.165) is 30.0 Å². The smallest absolute Gasteiger partial charge is 0.330 e. The van der Waals surface area contributed by atoms with E-state index in [1.807, 2.05) is 0 Å². The van der Waals surface area contributed by atoms with Gasteiger partial charge >= 0.3 is 12.0 Å². The lowest BCUT2D eigenvalue weighted by Crippen LogP contribution is -2.65. The Morgan fingerprint density at radius 1 is 1.24 bits per heavy atom. The molecule has 2 aliphatic heterocycles. The van der Waals surface area contributed by atoms with Crippen molar-refractivity contribution in [3.8, 4) is 0 Å². The largest absolute Gasteiger partial charge is 0.467 e. The first-order chi connectivity index (χ1) is 11.9. The van der Waals surface area contributed by atoms with Gasteiger partial charge in [0.05, 0.1) is 20.3 Å². The molecule has 2 heterocycles. The minimum absolute atomic E-state index is 0.331. The number of nitrogens with one attached hydrogen (secondary N) is 1. The molecule has 0 aromatic carbocycles. The Hall–Kier alpha value is -2.20. The van der Waals surface area contributed by atoms with E-state index < -0.39 is 35.8 Å². The van der Waals surface area contributed by atoms with Crippen molar-refractivity contribution in [3.05, 3.63) is 0 Å². The van der Waals surface area contributed by atoms with E-state index >= 15 is 0 Å². The van der Waals surface area contributed by atoms with Crippen molar-refractivity contribution >= 4 is 23.8 Å². The molecule has 1 N–H and O–H groups in total. The highest BCUT2D eigenvalue weighted by atomic mass is 16.5. The average Bonchev–Trinajstić information content (AvgIpc) is 2.62. The molecule has 0 spiro atoms. The number of rotatable bonds is 5. The number of imide groups is 1. The maximum Gasteiger partial charge on any atom is 0.330 e. The fourth-order valence-electron chi connectivity index (χ4n) is 2.96. The normalized spacial score (nSPS) is 25.1. The fourth-order valence-corrected chi connectivity index (χ4v) is 2.96. The van der Waals surface area contributed by atoms with Gasteiger partial charge in [0.15, 0.2) is 6.04 Å². The van der Waals surface area contributed by atoms with Crippen molar-refractivity contribution in [2.45, 2.75) is 6.04 Å².